The molecule has 0 radical (unpaired) electrons. The monoisotopic (exact) mass is 219 g/mol. The van der Waals surface area contributed by atoms with Crippen LogP contribution in [0.3, 0.4) is 0 Å². The lowest BCUT2D eigenvalue weighted by Crippen LogP contribution is -2.29. The highest BCUT2D eigenvalue weighted by molar-refractivity contribution is 5.40. The van der Waals surface area contributed by atoms with Gasteiger partial charge in [-0.25, -0.2) is 0 Å². The fourth-order valence-electron chi connectivity index (χ4n) is 2.23. The molecule has 0 bridgehead atoms. The Kier molecular flexibility index (Phi) is 3.78. The largest absolute Gasteiger partial charge is 0.384 e. The van der Waals surface area contributed by atoms with Crippen molar-refractivity contribution in [1.82, 2.24) is 4.98 Å². The van der Waals surface area contributed by atoms with Gasteiger partial charge in [0.15, 0.2) is 0 Å². The van der Waals surface area contributed by atoms with Crippen molar-refractivity contribution in [2.45, 2.75) is 38.6 Å². The van der Waals surface area contributed by atoms with Crippen LogP contribution in [0, 0.1) is 12.8 Å². The Morgan fingerprint density at radius 2 is 2.06 bits per heavy atom. The molecule has 1 aromatic heterocycles. The zero-order chi connectivity index (χ0) is 11.4. The van der Waals surface area contributed by atoms with Gasteiger partial charge in [-0.05, 0) is 50.7 Å². The van der Waals surface area contributed by atoms with E-state index < -0.39 is 0 Å². The number of anilines is 1. The Morgan fingerprint density at radius 3 is 2.69 bits per heavy atom. The van der Waals surface area contributed by atoms with Crippen molar-refractivity contribution in [3.8, 4) is 0 Å². The molecule has 0 saturated heterocycles. The van der Waals surface area contributed by atoms with Gasteiger partial charge in [0.05, 0.1) is 11.9 Å². The van der Waals surface area contributed by atoms with Crippen LogP contribution < -0.4 is 11.1 Å². The number of hydrogen-bond donors (Lipinski definition) is 2. The summed E-state index contributed by atoms with van der Waals surface area (Å²) in [4.78, 5) is 4.27. The van der Waals surface area contributed by atoms with E-state index in [-0.39, 0.29) is 0 Å². The standard InChI is InChI=1S/C13H21N3/c1-10-2-7-13(9-15-10)16-8-11-3-5-12(14)6-4-11/h2,7,9,11-12,16H,3-6,8,14H2,1H3. The summed E-state index contributed by atoms with van der Waals surface area (Å²) in [7, 11) is 0. The third-order valence-electron chi connectivity index (χ3n) is 3.40. The van der Waals surface area contributed by atoms with Crippen molar-refractivity contribution in [2.75, 3.05) is 11.9 Å². The van der Waals surface area contributed by atoms with Crippen LogP contribution in [0.5, 0.6) is 0 Å². The molecule has 3 heteroatoms. The Balaban J connectivity index is 1.77. The highest BCUT2D eigenvalue weighted by Gasteiger charge is 2.17. The van der Waals surface area contributed by atoms with Crippen molar-refractivity contribution >= 4 is 5.69 Å². The first kappa shape index (κ1) is 11.4. The van der Waals surface area contributed by atoms with Crippen LogP contribution in [0.1, 0.15) is 31.4 Å². The fourth-order valence-corrected chi connectivity index (χ4v) is 2.23. The highest BCUT2D eigenvalue weighted by Crippen LogP contribution is 2.23. The predicted molar refractivity (Wildman–Crippen MR) is 67.4 cm³/mol. The summed E-state index contributed by atoms with van der Waals surface area (Å²) in [6.45, 7) is 3.06. The molecule has 1 fully saturated rings. The number of nitrogens with one attached hydrogen (secondary N) is 1. The van der Waals surface area contributed by atoms with E-state index in [2.05, 4.69) is 16.4 Å². The van der Waals surface area contributed by atoms with Crippen molar-refractivity contribution in [3.05, 3.63) is 24.0 Å². The second kappa shape index (κ2) is 5.30. The van der Waals surface area contributed by atoms with Crippen LogP contribution in [0.25, 0.3) is 0 Å². The Hall–Kier alpha value is -1.09. The van der Waals surface area contributed by atoms with Gasteiger partial charge in [0.25, 0.3) is 0 Å². The van der Waals surface area contributed by atoms with E-state index in [1.807, 2.05) is 19.2 Å². The van der Waals surface area contributed by atoms with Crippen molar-refractivity contribution < 1.29 is 0 Å². The number of nitrogens with zero attached hydrogens (tertiary/aromatic N) is 1. The summed E-state index contributed by atoms with van der Waals surface area (Å²) < 4.78 is 0. The minimum Gasteiger partial charge on any atom is -0.384 e. The topological polar surface area (TPSA) is 50.9 Å². The minimum absolute atomic E-state index is 0.442. The molecule has 16 heavy (non-hydrogen) atoms. The highest BCUT2D eigenvalue weighted by atomic mass is 14.9. The molecule has 1 heterocycles. The molecule has 1 aliphatic rings. The van der Waals surface area contributed by atoms with Crippen LogP contribution in [-0.2, 0) is 0 Å². The van der Waals surface area contributed by atoms with Crippen molar-refractivity contribution in [2.24, 2.45) is 11.7 Å². The van der Waals surface area contributed by atoms with E-state index in [0.29, 0.717) is 6.04 Å². The summed E-state index contributed by atoms with van der Waals surface area (Å²) in [6, 6.07) is 4.58. The molecule has 3 N–H and O–H groups in total. The maximum absolute atomic E-state index is 5.89. The first-order chi connectivity index (χ1) is 7.74. The molecule has 0 amide bonds. The van der Waals surface area contributed by atoms with Gasteiger partial charge in [-0.3, -0.25) is 4.98 Å². The number of hydrogen-bond acceptors (Lipinski definition) is 3. The zero-order valence-electron chi connectivity index (χ0n) is 9.95. The summed E-state index contributed by atoms with van der Waals surface area (Å²) in [5.74, 6) is 0.779. The van der Waals surface area contributed by atoms with Gasteiger partial charge in [0.2, 0.25) is 0 Å². The first-order valence-corrected chi connectivity index (χ1v) is 6.16. The number of rotatable bonds is 3. The zero-order valence-corrected chi connectivity index (χ0v) is 9.95. The quantitative estimate of drug-likeness (QED) is 0.820. The first-order valence-electron chi connectivity index (χ1n) is 6.16. The Morgan fingerprint density at radius 1 is 1.31 bits per heavy atom. The van der Waals surface area contributed by atoms with E-state index in [1.165, 1.54) is 25.7 Å². The lowest BCUT2D eigenvalue weighted by molar-refractivity contribution is 0.339. The molecular formula is C13H21N3. The minimum atomic E-state index is 0.442. The van der Waals surface area contributed by atoms with Gasteiger partial charge in [-0.1, -0.05) is 0 Å². The molecule has 0 spiro atoms. The summed E-state index contributed by atoms with van der Waals surface area (Å²) in [6.07, 6.45) is 6.78. The number of aromatic nitrogens is 1. The third kappa shape index (κ3) is 3.20. The van der Waals surface area contributed by atoms with Gasteiger partial charge in [-0.2, -0.15) is 0 Å². The van der Waals surface area contributed by atoms with Crippen LogP contribution in [0.4, 0.5) is 5.69 Å². The lowest BCUT2D eigenvalue weighted by Gasteiger charge is -2.26. The molecule has 0 aliphatic heterocycles. The number of aryl methyl sites for hydroxylation is 1. The van der Waals surface area contributed by atoms with Gasteiger partial charge in [0.1, 0.15) is 0 Å². The predicted octanol–water partition coefficient (Wildman–Crippen LogP) is 2.32. The summed E-state index contributed by atoms with van der Waals surface area (Å²) in [5.41, 5.74) is 8.08. The average Bonchev–Trinajstić information content (AvgIpc) is 2.30. The maximum Gasteiger partial charge on any atom is 0.0527 e. The molecule has 1 aromatic rings. The molecule has 88 valence electrons. The molecule has 1 aliphatic carbocycles. The Labute approximate surface area is 97.5 Å². The maximum atomic E-state index is 5.89. The molecule has 1 saturated carbocycles. The molecule has 2 rings (SSSR count). The fraction of sp³-hybridized carbons (Fsp3) is 0.615. The second-order valence-corrected chi connectivity index (χ2v) is 4.85. The molecule has 0 unspecified atom stereocenters. The average molecular weight is 219 g/mol. The van der Waals surface area contributed by atoms with E-state index in [4.69, 9.17) is 5.73 Å². The lowest BCUT2D eigenvalue weighted by atomic mass is 9.86. The third-order valence-corrected chi connectivity index (χ3v) is 3.40. The number of pyridine rings is 1. The number of nitrogens with two attached hydrogens (primary N) is 1. The van der Waals surface area contributed by atoms with Gasteiger partial charge in [-0.15, -0.1) is 0 Å². The van der Waals surface area contributed by atoms with E-state index in [1.54, 1.807) is 0 Å². The van der Waals surface area contributed by atoms with Crippen LogP contribution in [-0.4, -0.2) is 17.6 Å². The molecule has 0 aromatic carbocycles. The van der Waals surface area contributed by atoms with E-state index in [0.717, 1.165) is 23.8 Å². The van der Waals surface area contributed by atoms with Gasteiger partial charge < -0.3 is 11.1 Å². The normalized spacial score (nSPS) is 25.4. The molecular weight excluding hydrogens is 198 g/mol. The van der Waals surface area contributed by atoms with Gasteiger partial charge >= 0.3 is 0 Å². The van der Waals surface area contributed by atoms with Gasteiger partial charge in [0, 0.05) is 18.3 Å². The van der Waals surface area contributed by atoms with Crippen LogP contribution in [0.2, 0.25) is 0 Å². The second-order valence-electron chi connectivity index (χ2n) is 4.85. The van der Waals surface area contributed by atoms with Crippen molar-refractivity contribution in [3.63, 3.8) is 0 Å². The van der Waals surface area contributed by atoms with Crippen molar-refractivity contribution in [1.29, 1.82) is 0 Å². The molecule has 3 nitrogen and oxygen atoms in total. The Bertz CT molecular complexity index is 312. The molecule has 0 atom stereocenters. The smallest absolute Gasteiger partial charge is 0.0527 e. The summed E-state index contributed by atoms with van der Waals surface area (Å²) >= 11 is 0. The SMILES string of the molecule is Cc1ccc(NCC2CCC(N)CC2)cn1. The van der Waals surface area contributed by atoms with E-state index >= 15 is 0 Å². The van der Waals surface area contributed by atoms with Crippen LogP contribution >= 0.6 is 0 Å². The van der Waals surface area contributed by atoms with Crippen LogP contribution in [0.15, 0.2) is 18.3 Å². The summed E-state index contributed by atoms with van der Waals surface area (Å²) in [5, 5.41) is 3.45. The van der Waals surface area contributed by atoms with E-state index in [9.17, 15) is 0 Å².